The molecule has 2 aromatic heterocycles. The molecule has 1 aromatic carbocycles. The number of halogens is 3. The Balaban J connectivity index is 1.87. The zero-order valence-corrected chi connectivity index (χ0v) is 16.8. The normalized spacial score (nSPS) is 16.7. The van der Waals surface area contributed by atoms with Crippen LogP contribution in [-0.2, 0) is 10.9 Å². The zero-order valence-electron chi connectivity index (χ0n) is 16.8. The minimum absolute atomic E-state index is 0.0144. The summed E-state index contributed by atoms with van der Waals surface area (Å²) in [6, 6.07) is 6.35. The van der Waals surface area contributed by atoms with Crippen molar-refractivity contribution >= 4 is 17.0 Å². The maximum absolute atomic E-state index is 13.6. The van der Waals surface area contributed by atoms with E-state index in [9.17, 15) is 18.0 Å². The fraction of sp³-hybridized carbons (Fsp3) is 0.381. The summed E-state index contributed by atoms with van der Waals surface area (Å²) in [5.41, 5.74) is -0.274. The fourth-order valence-electron chi connectivity index (χ4n) is 3.76. The molecule has 164 valence electrons. The monoisotopic (exact) mass is 434 g/mol. The van der Waals surface area contributed by atoms with E-state index in [1.807, 2.05) is 0 Å². The van der Waals surface area contributed by atoms with Gasteiger partial charge in [-0.3, -0.25) is 4.79 Å². The molecule has 10 heteroatoms. The second-order valence-electron chi connectivity index (χ2n) is 7.24. The molecular weight excluding hydrogens is 413 g/mol. The highest BCUT2D eigenvalue weighted by Gasteiger charge is 2.34. The molecule has 1 saturated heterocycles. The summed E-state index contributed by atoms with van der Waals surface area (Å²) in [5, 5.41) is 10.5. The second kappa shape index (κ2) is 8.64. The fourth-order valence-corrected chi connectivity index (χ4v) is 3.76. The number of hydrogen-bond acceptors (Lipinski definition) is 6. The number of rotatable bonds is 6. The molecule has 1 aliphatic heterocycles. The van der Waals surface area contributed by atoms with Gasteiger partial charge >= 0.3 is 6.18 Å². The van der Waals surface area contributed by atoms with E-state index in [0.717, 1.165) is 25.5 Å². The van der Waals surface area contributed by atoms with Crippen molar-refractivity contribution in [3.63, 3.8) is 0 Å². The van der Waals surface area contributed by atoms with Crippen LogP contribution in [0.4, 0.5) is 13.2 Å². The number of nitrogens with one attached hydrogen (secondary N) is 2. The van der Waals surface area contributed by atoms with Gasteiger partial charge in [0, 0.05) is 19.2 Å². The third kappa shape index (κ3) is 4.26. The number of amides is 1. The minimum Gasteiger partial charge on any atom is -0.383 e. The molecule has 1 aliphatic rings. The van der Waals surface area contributed by atoms with Gasteiger partial charge < -0.3 is 19.9 Å². The Hall–Kier alpha value is -2.98. The predicted molar refractivity (Wildman–Crippen MR) is 106 cm³/mol. The van der Waals surface area contributed by atoms with Crippen LogP contribution in [0.2, 0.25) is 0 Å². The number of nitrogens with zero attached hydrogens (tertiary/aromatic N) is 2. The largest absolute Gasteiger partial charge is 0.417 e. The summed E-state index contributed by atoms with van der Waals surface area (Å²) >= 11 is 0. The summed E-state index contributed by atoms with van der Waals surface area (Å²) in [7, 11) is 1.51. The minimum atomic E-state index is -4.57. The quantitative estimate of drug-likeness (QED) is 0.575. The molecule has 2 N–H and O–H groups in total. The van der Waals surface area contributed by atoms with E-state index in [-0.39, 0.29) is 35.1 Å². The lowest BCUT2D eigenvalue weighted by molar-refractivity contribution is -0.137. The standard InChI is InChI=1S/C21H21F3N4O3/c1-30-10-9-26-19(29)13-11-16(12-5-2-3-6-14(12)21(22,23)24)27-20-17(13)18(28-31-20)15-7-4-8-25-15/h2-3,5-6,11,15,25H,4,7-10H2,1H3,(H,26,29). The second-order valence-corrected chi connectivity index (χ2v) is 7.24. The lowest BCUT2D eigenvalue weighted by Crippen LogP contribution is -2.27. The molecular formula is C21H21F3N4O3. The Kier molecular flexibility index (Phi) is 5.92. The zero-order chi connectivity index (χ0) is 22.0. The first kappa shape index (κ1) is 21.3. The molecule has 0 aliphatic carbocycles. The van der Waals surface area contributed by atoms with Crippen molar-refractivity contribution in [3.05, 3.63) is 47.2 Å². The van der Waals surface area contributed by atoms with Gasteiger partial charge in [0.1, 0.15) is 5.69 Å². The van der Waals surface area contributed by atoms with Crippen LogP contribution in [0.15, 0.2) is 34.9 Å². The lowest BCUT2D eigenvalue weighted by atomic mass is 9.99. The Morgan fingerprint density at radius 1 is 1.35 bits per heavy atom. The molecule has 0 saturated carbocycles. The van der Waals surface area contributed by atoms with Crippen LogP contribution in [-0.4, -0.2) is 42.9 Å². The molecule has 0 spiro atoms. The number of ether oxygens (including phenoxy) is 1. The summed E-state index contributed by atoms with van der Waals surface area (Å²) in [4.78, 5) is 17.2. The number of methoxy groups -OCH3 is 1. The molecule has 0 radical (unpaired) electrons. The summed E-state index contributed by atoms with van der Waals surface area (Å²) in [6.07, 6.45) is -2.82. The van der Waals surface area contributed by atoms with Crippen molar-refractivity contribution in [2.75, 3.05) is 26.8 Å². The summed E-state index contributed by atoms with van der Waals surface area (Å²) in [6.45, 7) is 1.35. The van der Waals surface area contributed by atoms with E-state index in [1.165, 1.54) is 31.4 Å². The predicted octanol–water partition coefficient (Wildman–Crippen LogP) is 3.71. The van der Waals surface area contributed by atoms with Crippen molar-refractivity contribution in [2.24, 2.45) is 0 Å². The molecule has 7 nitrogen and oxygen atoms in total. The first-order valence-electron chi connectivity index (χ1n) is 9.87. The van der Waals surface area contributed by atoms with Gasteiger partial charge in [-0.1, -0.05) is 23.4 Å². The Morgan fingerprint density at radius 3 is 2.87 bits per heavy atom. The lowest BCUT2D eigenvalue weighted by Gasteiger charge is -2.14. The average molecular weight is 434 g/mol. The van der Waals surface area contributed by atoms with Crippen LogP contribution >= 0.6 is 0 Å². The van der Waals surface area contributed by atoms with Crippen LogP contribution in [0.25, 0.3) is 22.4 Å². The first-order valence-corrected chi connectivity index (χ1v) is 9.87. The molecule has 1 amide bonds. The van der Waals surface area contributed by atoms with Crippen molar-refractivity contribution < 1.29 is 27.2 Å². The van der Waals surface area contributed by atoms with Gasteiger partial charge in [-0.05, 0) is 31.5 Å². The van der Waals surface area contributed by atoms with E-state index in [0.29, 0.717) is 17.7 Å². The maximum atomic E-state index is 13.6. The van der Waals surface area contributed by atoms with Crippen LogP contribution in [0.5, 0.6) is 0 Å². The molecule has 0 bridgehead atoms. The highest BCUT2D eigenvalue weighted by Crippen LogP contribution is 2.38. The van der Waals surface area contributed by atoms with E-state index < -0.39 is 17.6 Å². The molecule has 1 fully saturated rings. The molecule has 1 atom stereocenters. The maximum Gasteiger partial charge on any atom is 0.417 e. The molecule has 1 unspecified atom stereocenters. The van der Waals surface area contributed by atoms with Crippen LogP contribution in [0.3, 0.4) is 0 Å². The number of alkyl halides is 3. The van der Waals surface area contributed by atoms with Gasteiger partial charge in [0.2, 0.25) is 0 Å². The number of aromatic nitrogens is 2. The van der Waals surface area contributed by atoms with Crippen LogP contribution in [0, 0.1) is 0 Å². The molecule has 3 aromatic rings. The van der Waals surface area contributed by atoms with E-state index in [2.05, 4.69) is 20.8 Å². The smallest absolute Gasteiger partial charge is 0.383 e. The number of pyridine rings is 1. The number of hydrogen-bond donors (Lipinski definition) is 2. The molecule has 31 heavy (non-hydrogen) atoms. The Morgan fingerprint density at radius 2 is 2.16 bits per heavy atom. The van der Waals surface area contributed by atoms with Gasteiger partial charge in [0.25, 0.3) is 11.6 Å². The Labute approximate surface area is 176 Å². The molecule has 4 rings (SSSR count). The van der Waals surface area contributed by atoms with Gasteiger partial charge in [0.05, 0.1) is 34.9 Å². The van der Waals surface area contributed by atoms with Crippen molar-refractivity contribution in [1.29, 1.82) is 0 Å². The van der Waals surface area contributed by atoms with Gasteiger partial charge in [-0.25, -0.2) is 4.98 Å². The SMILES string of the molecule is COCCNC(=O)c1cc(-c2ccccc2C(F)(F)F)nc2onc(C3CCCN3)c12. The summed E-state index contributed by atoms with van der Waals surface area (Å²) in [5.74, 6) is -0.461. The van der Waals surface area contributed by atoms with Crippen molar-refractivity contribution in [1.82, 2.24) is 20.8 Å². The van der Waals surface area contributed by atoms with Crippen LogP contribution in [0.1, 0.15) is 40.5 Å². The molecule has 3 heterocycles. The average Bonchev–Trinajstić information content (AvgIpc) is 3.42. The van der Waals surface area contributed by atoms with E-state index >= 15 is 0 Å². The number of fused-ring (bicyclic) bond motifs is 1. The Bertz CT molecular complexity index is 1090. The van der Waals surface area contributed by atoms with Gasteiger partial charge in [0.15, 0.2) is 0 Å². The van der Waals surface area contributed by atoms with Gasteiger partial charge in [-0.2, -0.15) is 13.2 Å². The van der Waals surface area contributed by atoms with Crippen molar-refractivity contribution in [3.8, 4) is 11.3 Å². The topological polar surface area (TPSA) is 89.3 Å². The highest BCUT2D eigenvalue weighted by atomic mass is 19.4. The highest BCUT2D eigenvalue weighted by molar-refractivity contribution is 6.07. The van der Waals surface area contributed by atoms with Gasteiger partial charge in [-0.15, -0.1) is 0 Å². The third-order valence-electron chi connectivity index (χ3n) is 5.21. The number of benzene rings is 1. The summed E-state index contributed by atoms with van der Waals surface area (Å²) < 4.78 is 51.0. The van der Waals surface area contributed by atoms with E-state index in [4.69, 9.17) is 9.26 Å². The van der Waals surface area contributed by atoms with Crippen molar-refractivity contribution in [2.45, 2.75) is 25.1 Å². The van der Waals surface area contributed by atoms with Crippen LogP contribution < -0.4 is 10.6 Å². The number of carbonyl (C=O) groups is 1. The third-order valence-corrected chi connectivity index (χ3v) is 5.21. The first-order chi connectivity index (χ1) is 14.9. The number of carbonyl (C=O) groups excluding carboxylic acids is 1. The van der Waals surface area contributed by atoms with E-state index in [1.54, 1.807) is 0 Å².